The quantitative estimate of drug-likeness (QED) is 0.666. The van der Waals surface area contributed by atoms with Gasteiger partial charge in [-0.15, -0.1) is 0 Å². The van der Waals surface area contributed by atoms with Crippen LogP contribution < -0.4 is 16.2 Å². The van der Waals surface area contributed by atoms with Gasteiger partial charge in [0.25, 0.3) is 5.56 Å². The number of hydrogen-bond acceptors (Lipinski definition) is 6. The first-order valence-corrected chi connectivity index (χ1v) is 8.83. The molecule has 0 radical (unpaired) electrons. The predicted octanol–water partition coefficient (Wildman–Crippen LogP) is 2.00. The van der Waals surface area contributed by atoms with Crippen molar-refractivity contribution in [1.82, 2.24) is 15.1 Å². The van der Waals surface area contributed by atoms with Crippen LogP contribution in [-0.4, -0.2) is 41.9 Å². The summed E-state index contributed by atoms with van der Waals surface area (Å²) in [4.78, 5) is 36.1. The van der Waals surface area contributed by atoms with Crippen LogP contribution in [0.1, 0.15) is 30.1 Å². The SMILES string of the molecule is CCCNC(=O)CCNc1cnn(-c2ccccc2C(=O)OC)c(=O)c1Cl. The van der Waals surface area contributed by atoms with Gasteiger partial charge in [0.05, 0.1) is 30.2 Å². The Labute approximate surface area is 161 Å². The molecule has 2 aromatic rings. The molecular weight excluding hydrogens is 372 g/mol. The lowest BCUT2D eigenvalue weighted by Crippen LogP contribution is -2.27. The molecule has 0 saturated heterocycles. The molecule has 0 unspecified atom stereocenters. The Morgan fingerprint density at radius 3 is 2.70 bits per heavy atom. The number of amides is 1. The monoisotopic (exact) mass is 392 g/mol. The van der Waals surface area contributed by atoms with E-state index >= 15 is 0 Å². The highest BCUT2D eigenvalue weighted by atomic mass is 35.5. The van der Waals surface area contributed by atoms with Crippen molar-refractivity contribution in [3.05, 3.63) is 51.4 Å². The van der Waals surface area contributed by atoms with E-state index in [9.17, 15) is 14.4 Å². The van der Waals surface area contributed by atoms with Crippen LogP contribution in [0.2, 0.25) is 5.02 Å². The van der Waals surface area contributed by atoms with Gasteiger partial charge in [-0.1, -0.05) is 30.7 Å². The Morgan fingerprint density at radius 1 is 1.26 bits per heavy atom. The Morgan fingerprint density at radius 2 is 2.00 bits per heavy atom. The molecule has 0 saturated carbocycles. The number of nitrogens with zero attached hydrogens (tertiary/aromatic N) is 2. The zero-order valence-electron chi connectivity index (χ0n) is 15.1. The molecule has 2 N–H and O–H groups in total. The molecule has 2 rings (SSSR count). The third-order valence-electron chi connectivity index (χ3n) is 3.70. The lowest BCUT2D eigenvalue weighted by atomic mass is 10.2. The summed E-state index contributed by atoms with van der Waals surface area (Å²) >= 11 is 6.16. The number of rotatable bonds is 8. The molecule has 0 atom stereocenters. The van der Waals surface area contributed by atoms with Crippen molar-refractivity contribution in [2.24, 2.45) is 0 Å². The number of methoxy groups -OCH3 is 1. The van der Waals surface area contributed by atoms with Gasteiger partial charge >= 0.3 is 5.97 Å². The minimum atomic E-state index is -0.589. The summed E-state index contributed by atoms with van der Waals surface area (Å²) in [5.74, 6) is -0.676. The number of carbonyl (C=O) groups excluding carboxylic acids is 2. The van der Waals surface area contributed by atoms with Crippen molar-refractivity contribution < 1.29 is 14.3 Å². The number of esters is 1. The molecule has 9 heteroatoms. The summed E-state index contributed by atoms with van der Waals surface area (Å²) in [6.45, 7) is 2.90. The van der Waals surface area contributed by atoms with Gasteiger partial charge in [0.2, 0.25) is 5.91 Å². The van der Waals surface area contributed by atoms with Crippen LogP contribution in [0.5, 0.6) is 0 Å². The summed E-state index contributed by atoms with van der Waals surface area (Å²) in [6, 6.07) is 6.43. The van der Waals surface area contributed by atoms with Gasteiger partial charge in [0, 0.05) is 19.5 Å². The lowest BCUT2D eigenvalue weighted by Gasteiger charge is -2.12. The number of hydrogen-bond donors (Lipinski definition) is 2. The van der Waals surface area contributed by atoms with E-state index in [1.165, 1.54) is 19.4 Å². The van der Waals surface area contributed by atoms with Gasteiger partial charge in [0.15, 0.2) is 0 Å². The van der Waals surface area contributed by atoms with E-state index in [0.717, 1.165) is 11.1 Å². The van der Waals surface area contributed by atoms with Crippen LogP contribution in [0.25, 0.3) is 5.69 Å². The van der Waals surface area contributed by atoms with Gasteiger partial charge < -0.3 is 15.4 Å². The lowest BCUT2D eigenvalue weighted by molar-refractivity contribution is -0.120. The van der Waals surface area contributed by atoms with Crippen molar-refractivity contribution in [2.45, 2.75) is 19.8 Å². The first-order chi connectivity index (χ1) is 13.0. The Balaban J connectivity index is 2.20. The molecule has 0 spiro atoms. The molecule has 144 valence electrons. The van der Waals surface area contributed by atoms with E-state index in [1.807, 2.05) is 6.92 Å². The van der Waals surface area contributed by atoms with Crippen LogP contribution in [0, 0.1) is 0 Å². The smallest absolute Gasteiger partial charge is 0.340 e. The topological polar surface area (TPSA) is 102 Å². The average Bonchev–Trinajstić information content (AvgIpc) is 2.69. The van der Waals surface area contributed by atoms with Crippen molar-refractivity contribution in [3.8, 4) is 5.69 Å². The number of anilines is 1. The average molecular weight is 393 g/mol. The normalized spacial score (nSPS) is 10.3. The van der Waals surface area contributed by atoms with E-state index in [1.54, 1.807) is 18.2 Å². The van der Waals surface area contributed by atoms with Crippen molar-refractivity contribution in [3.63, 3.8) is 0 Å². The minimum Gasteiger partial charge on any atom is -0.465 e. The van der Waals surface area contributed by atoms with Gasteiger partial charge in [-0.25, -0.2) is 4.79 Å². The third kappa shape index (κ3) is 5.07. The minimum absolute atomic E-state index is 0.0846. The molecule has 0 bridgehead atoms. The number of ether oxygens (including phenoxy) is 1. The fourth-order valence-corrected chi connectivity index (χ4v) is 2.53. The molecule has 27 heavy (non-hydrogen) atoms. The maximum Gasteiger partial charge on any atom is 0.340 e. The maximum atomic E-state index is 12.6. The third-order valence-corrected chi connectivity index (χ3v) is 4.06. The summed E-state index contributed by atoms with van der Waals surface area (Å²) in [5, 5.41) is 9.69. The van der Waals surface area contributed by atoms with Crippen LogP contribution in [0.15, 0.2) is 35.3 Å². The van der Waals surface area contributed by atoms with Gasteiger partial charge in [0.1, 0.15) is 5.02 Å². The summed E-state index contributed by atoms with van der Waals surface area (Å²) in [5.41, 5.74) is 0.186. The molecule has 1 aromatic heterocycles. The van der Waals surface area contributed by atoms with E-state index in [4.69, 9.17) is 16.3 Å². The highest BCUT2D eigenvalue weighted by Crippen LogP contribution is 2.18. The number of nitrogens with one attached hydrogen (secondary N) is 2. The first-order valence-electron chi connectivity index (χ1n) is 8.45. The zero-order valence-corrected chi connectivity index (χ0v) is 15.9. The molecule has 1 aromatic carbocycles. The van der Waals surface area contributed by atoms with Crippen LogP contribution >= 0.6 is 11.6 Å². The van der Waals surface area contributed by atoms with Crippen molar-refractivity contribution in [2.75, 3.05) is 25.5 Å². The summed E-state index contributed by atoms with van der Waals surface area (Å²) in [7, 11) is 1.26. The van der Waals surface area contributed by atoms with E-state index in [0.29, 0.717) is 18.8 Å². The molecular formula is C18H21ClN4O4. The highest BCUT2D eigenvalue weighted by Gasteiger charge is 2.17. The van der Waals surface area contributed by atoms with Crippen LogP contribution in [0.3, 0.4) is 0 Å². The van der Waals surface area contributed by atoms with Crippen molar-refractivity contribution in [1.29, 1.82) is 0 Å². The number of carbonyl (C=O) groups is 2. The second-order valence-electron chi connectivity index (χ2n) is 5.62. The number of para-hydroxylation sites is 1. The van der Waals surface area contributed by atoms with Gasteiger partial charge in [-0.3, -0.25) is 9.59 Å². The van der Waals surface area contributed by atoms with Crippen LogP contribution in [-0.2, 0) is 9.53 Å². The standard InChI is InChI=1S/C18H21ClN4O4/c1-3-9-21-15(24)8-10-20-13-11-22-23(17(25)16(13)19)14-7-5-4-6-12(14)18(26)27-2/h4-7,11,20H,3,8-10H2,1-2H3,(H,21,24). The van der Waals surface area contributed by atoms with Gasteiger partial charge in [-0.2, -0.15) is 9.78 Å². The number of aromatic nitrogens is 2. The predicted molar refractivity (Wildman–Crippen MR) is 103 cm³/mol. The summed E-state index contributed by atoms with van der Waals surface area (Å²) < 4.78 is 5.77. The molecule has 1 amide bonds. The number of halogens is 1. The Hall–Kier alpha value is -2.87. The molecule has 0 fully saturated rings. The fourth-order valence-electron chi connectivity index (χ4n) is 2.33. The summed E-state index contributed by atoms with van der Waals surface area (Å²) in [6.07, 6.45) is 2.48. The van der Waals surface area contributed by atoms with Gasteiger partial charge in [-0.05, 0) is 18.6 Å². The first kappa shape index (κ1) is 20.4. The molecule has 0 aliphatic heterocycles. The van der Waals surface area contributed by atoms with E-state index in [-0.39, 0.29) is 28.6 Å². The fraction of sp³-hybridized carbons (Fsp3) is 0.333. The number of benzene rings is 1. The largest absolute Gasteiger partial charge is 0.465 e. The molecule has 8 nitrogen and oxygen atoms in total. The van der Waals surface area contributed by atoms with E-state index in [2.05, 4.69) is 15.7 Å². The second-order valence-corrected chi connectivity index (χ2v) is 6.00. The second kappa shape index (κ2) is 9.72. The van der Waals surface area contributed by atoms with Crippen molar-refractivity contribution >= 4 is 29.2 Å². The zero-order chi connectivity index (χ0) is 19.8. The maximum absolute atomic E-state index is 12.6. The highest BCUT2D eigenvalue weighted by molar-refractivity contribution is 6.33. The molecule has 0 aliphatic carbocycles. The Kier molecular flexibility index (Phi) is 7.36. The van der Waals surface area contributed by atoms with Crippen LogP contribution in [0.4, 0.5) is 5.69 Å². The Bertz CT molecular complexity index is 882. The van der Waals surface area contributed by atoms with E-state index < -0.39 is 11.5 Å². The molecule has 1 heterocycles. The molecule has 0 aliphatic rings.